The van der Waals surface area contributed by atoms with Crippen molar-refractivity contribution >= 4 is 28.7 Å². The van der Waals surface area contributed by atoms with Crippen LogP contribution >= 0.6 is 0 Å². The van der Waals surface area contributed by atoms with Crippen molar-refractivity contribution < 1.29 is 27.9 Å². The second-order valence-corrected chi connectivity index (χ2v) is 10.4. The number of hydrogen-bond donors (Lipinski definition) is 3. The van der Waals surface area contributed by atoms with Gasteiger partial charge in [0.25, 0.3) is 11.8 Å². The molecule has 2 heterocycles. The van der Waals surface area contributed by atoms with Crippen LogP contribution in [0, 0.1) is 0 Å². The summed E-state index contributed by atoms with van der Waals surface area (Å²) in [4.78, 5) is 38.1. The Kier molecular flexibility index (Phi) is 8.56. The van der Waals surface area contributed by atoms with Gasteiger partial charge in [-0.05, 0) is 48.9 Å². The Labute approximate surface area is 247 Å². The monoisotopic (exact) mass is 590 g/mol. The summed E-state index contributed by atoms with van der Waals surface area (Å²) >= 11 is 0. The quantitative estimate of drug-likeness (QED) is 0.244. The van der Waals surface area contributed by atoms with Gasteiger partial charge in [-0.3, -0.25) is 9.59 Å². The van der Waals surface area contributed by atoms with Gasteiger partial charge < -0.3 is 25.6 Å². The summed E-state index contributed by atoms with van der Waals surface area (Å²) in [7, 11) is 0. The number of amides is 4. The van der Waals surface area contributed by atoms with E-state index in [-0.39, 0.29) is 11.9 Å². The third-order valence-corrected chi connectivity index (χ3v) is 7.11. The lowest BCUT2D eigenvalue weighted by molar-refractivity contribution is -0.144. The Hall–Kier alpha value is -5.00. The molecule has 3 N–H and O–H groups in total. The number of carbonyl (C=O) groups is 3. The number of ether oxygens (including phenoxy) is 1. The minimum absolute atomic E-state index is 0.131. The fraction of sp³-hybridized carbons (Fsp3) is 0.290. The summed E-state index contributed by atoms with van der Waals surface area (Å²) in [6, 6.07) is 20.5. The summed E-state index contributed by atoms with van der Waals surface area (Å²) in [6.45, 7) is 4.14. The van der Waals surface area contributed by atoms with Gasteiger partial charge >= 0.3 is 12.0 Å². The van der Waals surface area contributed by atoms with Crippen molar-refractivity contribution in [2.75, 3.05) is 26.2 Å². The van der Waals surface area contributed by atoms with E-state index in [9.17, 15) is 23.2 Å². The standard InChI is InChI=1S/C31H32F2N6O4/c1-20(37-29(41)31(2,32)33)27(21-7-4-3-5-8-21)43-25-11-12-26-23(18-25)19-36-39(26)24-10-6-9-22(17-24)28(40)34-13-15-38-16-14-35-30(38)42/h3-12,17-20,27H,13-16H2,1-2H3,(H,34,40)(H,35,42)(H,37,41)/t20-,27-/m0/s1. The average molecular weight is 591 g/mol. The molecular weight excluding hydrogens is 558 g/mol. The zero-order valence-corrected chi connectivity index (χ0v) is 23.7. The fourth-order valence-corrected chi connectivity index (χ4v) is 4.86. The van der Waals surface area contributed by atoms with E-state index >= 15 is 0 Å². The van der Waals surface area contributed by atoms with Crippen LogP contribution in [0.3, 0.4) is 0 Å². The van der Waals surface area contributed by atoms with E-state index in [0.29, 0.717) is 55.7 Å². The van der Waals surface area contributed by atoms with Crippen LogP contribution in [0.1, 0.15) is 35.9 Å². The first-order valence-electron chi connectivity index (χ1n) is 13.9. The fourth-order valence-electron chi connectivity index (χ4n) is 4.86. The first-order valence-corrected chi connectivity index (χ1v) is 13.9. The van der Waals surface area contributed by atoms with E-state index in [1.807, 2.05) is 30.3 Å². The van der Waals surface area contributed by atoms with Crippen LogP contribution in [0.15, 0.2) is 79.0 Å². The Bertz CT molecular complexity index is 1620. The molecule has 0 saturated carbocycles. The number of carbonyl (C=O) groups excluding carboxylic acids is 3. The Balaban J connectivity index is 1.32. The number of aromatic nitrogens is 2. The Morgan fingerprint density at radius 1 is 1.09 bits per heavy atom. The lowest BCUT2D eigenvalue weighted by atomic mass is 10.0. The van der Waals surface area contributed by atoms with Crippen LogP contribution < -0.4 is 20.7 Å². The third kappa shape index (κ3) is 6.91. The number of rotatable bonds is 11. The highest BCUT2D eigenvalue weighted by atomic mass is 19.3. The number of urea groups is 1. The smallest absolute Gasteiger partial charge is 0.321 e. The summed E-state index contributed by atoms with van der Waals surface area (Å²) in [5.74, 6) is -4.70. The van der Waals surface area contributed by atoms with Crippen LogP contribution in [0.25, 0.3) is 16.6 Å². The molecule has 1 aromatic heterocycles. The lowest BCUT2D eigenvalue weighted by Crippen LogP contribution is -2.46. The molecular formula is C31H32F2N6O4. The minimum Gasteiger partial charge on any atom is -0.484 e. The van der Waals surface area contributed by atoms with Crippen molar-refractivity contribution in [1.29, 1.82) is 0 Å². The molecule has 1 aliphatic heterocycles. The van der Waals surface area contributed by atoms with Gasteiger partial charge in [-0.2, -0.15) is 13.9 Å². The molecule has 0 bridgehead atoms. The molecule has 0 aliphatic carbocycles. The van der Waals surface area contributed by atoms with Crippen molar-refractivity contribution in [3.63, 3.8) is 0 Å². The van der Waals surface area contributed by atoms with Crippen LogP contribution in [0.4, 0.5) is 13.6 Å². The number of nitrogens with zero attached hydrogens (tertiary/aromatic N) is 3. The molecule has 0 unspecified atom stereocenters. The summed E-state index contributed by atoms with van der Waals surface area (Å²) in [5.41, 5.74) is 2.60. The highest BCUT2D eigenvalue weighted by Crippen LogP contribution is 2.29. The Morgan fingerprint density at radius 2 is 1.88 bits per heavy atom. The van der Waals surface area contributed by atoms with Gasteiger partial charge in [-0.15, -0.1) is 0 Å². The highest BCUT2D eigenvalue weighted by molar-refractivity contribution is 5.95. The first kappa shape index (κ1) is 29.5. The predicted molar refractivity (Wildman–Crippen MR) is 156 cm³/mol. The normalized spacial score (nSPS) is 14.7. The van der Waals surface area contributed by atoms with Crippen molar-refractivity contribution in [2.45, 2.75) is 31.9 Å². The van der Waals surface area contributed by atoms with Gasteiger partial charge in [0.15, 0.2) is 0 Å². The molecule has 3 aromatic carbocycles. The van der Waals surface area contributed by atoms with Gasteiger partial charge in [0.2, 0.25) is 0 Å². The minimum atomic E-state index is -3.52. The zero-order valence-electron chi connectivity index (χ0n) is 23.7. The molecule has 4 amide bonds. The molecule has 5 rings (SSSR count). The van der Waals surface area contributed by atoms with Gasteiger partial charge in [0.05, 0.1) is 23.4 Å². The van der Waals surface area contributed by atoms with Gasteiger partial charge in [-0.1, -0.05) is 36.4 Å². The molecule has 224 valence electrons. The maximum Gasteiger partial charge on any atom is 0.321 e. The van der Waals surface area contributed by atoms with Gasteiger partial charge in [-0.25, -0.2) is 9.48 Å². The number of nitrogens with one attached hydrogen (secondary N) is 3. The molecule has 0 radical (unpaired) electrons. The Morgan fingerprint density at radius 3 is 2.60 bits per heavy atom. The van der Waals surface area contributed by atoms with Crippen LogP contribution in [0.2, 0.25) is 0 Å². The molecule has 1 saturated heterocycles. The van der Waals surface area contributed by atoms with Crippen molar-refractivity contribution in [3.05, 3.63) is 90.1 Å². The van der Waals surface area contributed by atoms with Crippen molar-refractivity contribution in [1.82, 2.24) is 30.6 Å². The summed E-state index contributed by atoms with van der Waals surface area (Å²) < 4.78 is 35.1. The number of hydrogen-bond acceptors (Lipinski definition) is 5. The first-order chi connectivity index (χ1) is 20.6. The zero-order chi connectivity index (χ0) is 30.6. The van der Waals surface area contributed by atoms with Gasteiger partial charge in [0, 0.05) is 44.1 Å². The number of fused-ring (bicyclic) bond motifs is 1. The maximum atomic E-state index is 13.6. The molecule has 12 heteroatoms. The third-order valence-electron chi connectivity index (χ3n) is 7.11. The van der Waals surface area contributed by atoms with Crippen molar-refractivity contribution in [3.8, 4) is 11.4 Å². The SMILES string of the molecule is C[C@H](NC(=O)C(C)(F)F)[C@H](Oc1ccc2c(cnn2-c2cccc(C(=O)NCCN3CCNC3=O)c2)c1)c1ccccc1. The number of halogens is 2. The van der Waals surface area contributed by atoms with E-state index < -0.39 is 24.0 Å². The topological polar surface area (TPSA) is 118 Å². The molecule has 1 fully saturated rings. The maximum absolute atomic E-state index is 13.6. The summed E-state index contributed by atoms with van der Waals surface area (Å²) in [5, 5.41) is 13.2. The number of alkyl halides is 2. The lowest BCUT2D eigenvalue weighted by Gasteiger charge is -2.27. The van der Waals surface area contributed by atoms with Gasteiger partial charge in [0.1, 0.15) is 11.9 Å². The molecule has 0 spiro atoms. The predicted octanol–water partition coefficient (Wildman–Crippen LogP) is 4.06. The van der Waals surface area contributed by atoms with E-state index in [1.165, 1.54) is 0 Å². The molecule has 4 aromatic rings. The second kappa shape index (κ2) is 12.5. The van der Waals surface area contributed by atoms with Crippen LogP contribution in [0.5, 0.6) is 5.75 Å². The average Bonchev–Trinajstić information content (AvgIpc) is 3.61. The van der Waals surface area contributed by atoms with E-state index in [4.69, 9.17) is 4.74 Å². The van der Waals surface area contributed by atoms with Crippen LogP contribution in [-0.4, -0.2) is 70.7 Å². The largest absolute Gasteiger partial charge is 0.484 e. The second-order valence-electron chi connectivity index (χ2n) is 10.4. The van der Waals surface area contributed by atoms with Crippen LogP contribution in [-0.2, 0) is 4.79 Å². The highest BCUT2D eigenvalue weighted by Gasteiger charge is 2.35. The summed E-state index contributed by atoms with van der Waals surface area (Å²) in [6.07, 6.45) is 0.922. The van der Waals surface area contributed by atoms with E-state index in [0.717, 1.165) is 10.9 Å². The van der Waals surface area contributed by atoms with Crippen molar-refractivity contribution in [2.24, 2.45) is 0 Å². The molecule has 1 aliphatic rings. The number of benzene rings is 3. The molecule has 2 atom stereocenters. The molecule has 43 heavy (non-hydrogen) atoms. The van der Waals surface area contributed by atoms with E-state index in [2.05, 4.69) is 21.0 Å². The van der Waals surface area contributed by atoms with E-state index in [1.54, 1.807) is 65.2 Å². The molecule has 10 nitrogen and oxygen atoms in total.